The largest absolute Gasteiger partial charge is 0.465 e. The van der Waals surface area contributed by atoms with Crippen molar-refractivity contribution in [3.8, 4) is 0 Å². The maximum absolute atomic E-state index is 9.66. The van der Waals surface area contributed by atoms with Gasteiger partial charge in [-0.15, -0.1) is 0 Å². The van der Waals surface area contributed by atoms with E-state index in [2.05, 4.69) is 21.2 Å². The lowest BCUT2D eigenvalue weighted by Crippen LogP contribution is -2.24. The fraction of sp³-hybridized carbons (Fsp3) is 0.556. The monoisotopic (exact) mass is 263 g/mol. The first-order valence-electron chi connectivity index (χ1n) is 4.36. The lowest BCUT2D eigenvalue weighted by atomic mass is 10.3. The number of aliphatic hydroxyl groups is 1. The summed E-state index contributed by atoms with van der Waals surface area (Å²) in [7, 11) is 1.64. The van der Waals surface area contributed by atoms with Crippen LogP contribution < -0.4 is 5.32 Å². The van der Waals surface area contributed by atoms with Gasteiger partial charge in [0.05, 0.1) is 17.3 Å². The molecular formula is C9H14BrNO3. The number of ether oxygens (including phenoxy) is 1. The maximum atomic E-state index is 9.66. The summed E-state index contributed by atoms with van der Waals surface area (Å²) in [5.41, 5.74) is 0. The van der Waals surface area contributed by atoms with Crippen molar-refractivity contribution in [2.24, 2.45) is 0 Å². The van der Waals surface area contributed by atoms with Gasteiger partial charge in [-0.25, -0.2) is 0 Å². The zero-order valence-corrected chi connectivity index (χ0v) is 9.58. The van der Waals surface area contributed by atoms with Gasteiger partial charge in [-0.3, -0.25) is 0 Å². The summed E-state index contributed by atoms with van der Waals surface area (Å²) >= 11 is 3.28. The summed E-state index contributed by atoms with van der Waals surface area (Å²) in [6.07, 6.45) is 0.911. The Kier molecular flexibility index (Phi) is 5.17. The van der Waals surface area contributed by atoms with Crippen LogP contribution in [0, 0.1) is 0 Å². The predicted octanol–water partition coefficient (Wildman–Crippen LogP) is 1.31. The van der Waals surface area contributed by atoms with Gasteiger partial charge in [0.2, 0.25) is 0 Å². The normalized spacial score (nSPS) is 13.1. The van der Waals surface area contributed by atoms with Crippen molar-refractivity contribution in [2.75, 3.05) is 26.8 Å². The highest BCUT2D eigenvalue weighted by molar-refractivity contribution is 9.10. The first kappa shape index (κ1) is 11.7. The van der Waals surface area contributed by atoms with Crippen molar-refractivity contribution in [3.05, 3.63) is 22.6 Å². The topological polar surface area (TPSA) is 54.6 Å². The Bertz CT molecular complexity index is 264. The van der Waals surface area contributed by atoms with Gasteiger partial charge in [0.15, 0.2) is 0 Å². The van der Waals surface area contributed by atoms with Gasteiger partial charge in [0.25, 0.3) is 0 Å². The van der Waals surface area contributed by atoms with Crippen LogP contribution in [0.3, 0.4) is 0 Å². The molecule has 0 aliphatic heterocycles. The number of halogens is 1. The lowest BCUT2D eigenvalue weighted by Gasteiger charge is -2.09. The van der Waals surface area contributed by atoms with E-state index in [1.54, 1.807) is 13.2 Å². The SMILES string of the molecule is COCCNCC(O)c1occc1Br. The number of hydrogen-bond donors (Lipinski definition) is 2. The molecule has 0 bridgehead atoms. The molecule has 5 heteroatoms. The van der Waals surface area contributed by atoms with Crippen LogP contribution in [-0.4, -0.2) is 31.9 Å². The van der Waals surface area contributed by atoms with Crippen LogP contribution in [0.25, 0.3) is 0 Å². The number of hydrogen-bond acceptors (Lipinski definition) is 4. The minimum Gasteiger partial charge on any atom is -0.465 e. The maximum Gasteiger partial charge on any atom is 0.147 e. The zero-order valence-electron chi connectivity index (χ0n) is 8.00. The molecule has 0 fully saturated rings. The van der Waals surface area contributed by atoms with Crippen molar-refractivity contribution < 1.29 is 14.3 Å². The van der Waals surface area contributed by atoms with Crippen molar-refractivity contribution in [1.82, 2.24) is 5.32 Å². The molecule has 14 heavy (non-hydrogen) atoms. The van der Waals surface area contributed by atoms with Crippen LogP contribution in [0.15, 0.2) is 21.2 Å². The zero-order chi connectivity index (χ0) is 10.4. The summed E-state index contributed by atoms with van der Waals surface area (Å²) in [5, 5.41) is 12.7. The molecule has 0 aliphatic rings. The van der Waals surface area contributed by atoms with E-state index < -0.39 is 6.10 Å². The Morgan fingerprint density at radius 3 is 3.07 bits per heavy atom. The Labute approximate surface area is 91.4 Å². The van der Waals surface area contributed by atoms with E-state index in [-0.39, 0.29) is 0 Å². The lowest BCUT2D eigenvalue weighted by molar-refractivity contribution is 0.139. The molecule has 0 saturated heterocycles. The fourth-order valence-corrected chi connectivity index (χ4v) is 1.51. The Morgan fingerprint density at radius 1 is 1.71 bits per heavy atom. The van der Waals surface area contributed by atoms with E-state index in [0.29, 0.717) is 25.5 Å². The minimum atomic E-state index is -0.628. The van der Waals surface area contributed by atoms with Crippen molar-refractivity contribution in [1.29, 1.82) is 0 Å². The molecule has 1 rings (SSSR count). The summed E-state index contributed by atoms with van der Waals surface area (Å²) in [6, 6.07) is 1.76. The Balaban J connectivity index is 2.28. The van der Waals surface area contributed by atoms with Crippen LogP contribution >= 0.6 is 15.9 Å². The average molecular weight is 264 g/mol. The number of furan rings is 1. The fourth-order valence-electron chi connectivity index (χ4n) is 1.05. The summed E-state index contributed by atoms with van der Waals surface area (Å²) in [5.74, 6) is 0.551. The standard InChI is InChI=1S/C9H14BrNO3/c1-13-5-3-11-6-8(12)9-7(10)2-4-14-9/h2,4,8,11-12H,3,5-6H2,1H3. The number of aliphatic hydroxyl groups excluding tert-OH is 1. The first-order valence-corrected chi connectivity index (χ1v) is 5.15. The highest BCUT2D eigenvalue weighted by atomic mass is 79.9. The molecule has 1 unspecified atom stereocenters. The second-order valence-electron chi connectivity index (χ2n) is 2.85. The third-order valence-corrected chi connectivity index (χ3v) is 2.42. The third kappa shape index (κ3) is 3.42. The van der Waals surface area contributed by atoms with Crippen LogP contribution in [0.2, 0.25) is 0 Å². The highest BCUT2D eigenvalue weighted by Crippen LogP contribution is 2.23. The molecule has 0 radical (unpaired) electrons. The molecule has 0 aromatic carbocycles. The third-order valence-electron chi connectivity index (χ3n) is 1.77. The summed E-state index contributed by atoms with van der Waals surface area (Å²) < 4.78 is 10.8. The Hall–Kier alpha value is -0.360. The molecular weight excluding hydrogens is 250 g/mol. The van der Waals surface area contributed by atoms with Crippen LogP contribution in [0.5, 0.6) is 0 Å². The first-order chi connectivity index (χ1) is 6.75. The van der Waals surface area contributed by atoms with E-state index in [4.69, 9.17) is 9.15 Å². The quantitative estimate of drug-likeness (QED) is 0.761. The van der Waals surface area contributed by atoms with Crippen molar-refractivity contribution >= 4 is 15.9 Å². The van der Waals surface area contributed by atoms with Gasteiger partial charge in [-0.05, 0) is 22.0 Å². The van der Waals surface area contributed by atoms with Gasteiger partial charge < -0.3 is 19.6 Å². The number of rotatable bonds is 6. The molecule has 0 spiro atoms. The molecule has 4 nitrogen and oxygen atoms in total. The summed E-state index contributed by atoms with van der Waals surface area (Å²) in [6.45, 7) is 1.80. The Morgan fingerprint density at radius 2 is 2.50 bits per heavy atom. The second-order valence-corrected chi connectivity index (χ2v) is 3.70. The predicted molar refractivity (Wildman–Crippen MR) is 56.1 cm³/mol. The van der Waals surface area contributed by atoms with Gasteiger partial charge in [0, 0.05) is 20.2 Å². The molecule has 0 amide bonds. The van der Waals surface area contributed by atoms with Crippen LogP contribution in [0.1, 0.15) is 11.9 Å². The van der Waals surface area contributed by atoms with E-state index in [0.717, 1.165) is 4.47 Å². The second kappa shape index (κ2) is 6.19. The minimum absolute atomic E-state index is 0.454. The molecule has 2 N–H and O–H groups in total. The van der Waals surface area contributed by atoms with E-state index in [9.17, 15) is 5.11 Å². The van der Waals surface area contributed by atoms with Gasteiger partial charge in [0.1, 0.15) is 11.9 Å². The van der Waals surface area contributed by atoms with Gasteiger partial charge in [-0.2, -0.15) is 0 Å². The smallest absolute Gasteiger partial charge is 0.147 e. The molecule has 1 aromatic heterocycles. The molecule has 1 heterocycles. The number of methoxy groups -OCH3 is 1. The van der Waals surface area contributed by atoms with Crippen molar-refractivity contribution in [3.63, 3.8) is 0 Å². The van der Waals surface area contributed by atoms with Crippen molar-refractivity contribution in [2.45, 2.75) is 6.10 Å². The van der Waals surface area contributed by atoms with E-state index in [1.165, 1.54) is 6.26 Å². The summed E-state index contributed by atoms with van der Waals surface area (Å²) in [4.78, 5) is 0. The molecule has 0 aliphatic carbocycles. The molecule has 80 valence electrons. The van der Waals surface area contributed by atoms with Crippen LogP contribution in [0.4, 0.5) is 0 Å². The highest BCUT2D eigenvalue weighted by Gasteiger charge is 2.13. The van der Waals surface area contributed by atoms with Gasteiger partial charge in [-0.1, -0.05) is 0 Å². The van der Waals surface area contributed by atoms with E-state index >= 15 is 0 Å². The van der Waals surface area contributed by atoms with Crippen LogP contribution in [-0.2, 0) is 4.74 Å². The molecule has 1 atom stereocenters. The van der Waals surface area contributed by atoms with Gasteiger partial charge >= 0.3 is 0 Å². The average Bonchev–Trinajstić information content (AvgIpc) is 2.59. The molecule has 1 aromatic rings. The number of nitrogens with one attached hydrogen (secondary N) is 1. The molecule has 0 saturated carbocycles. The van der Waals surface area contributed by atoms with E-state index in [1.807, 2.05) is 0 Å².